The van der Waals surface area contributed by atoms with Gasteiger partial charge >= 0.3 is 0 Å². The average molecular weight is 267 g/mol. The first-order chi connectivity index (χ1) is 8.41. The summed E-state index contributed by atoms with van der Waals surface area (Å²) in [4.78, 5) is 0. The van der Waals surface area contributed by atoms with Crippen molar-refractivity contribution in [1.29, 1.82) is 0 Å². The highest BCUT2D eigenvalue weighted by Gasteiger charge is 2.31. The van der Waals surface area contributed by atoms with Crippen molar-refractivity contribution in [1.82, 2.24) is 0 Å². The van der Waals surface area contributed by atoms with Crippen LogP contribution in [0.3, 0.4) is 0 Å². The molecule has 1 aliphatic carbocycles. The first kappa shape index (κ1) is 13.6. The third kappa shape index (κ3) is 3.12. The van der Waals surface area contributed by atoms with Crippen molar-refractivity contribution in [2.24, 2.45) is 5.73 Å². The Kier molecular flexibility index (Phi) is 3.78. The molecule has 1 aliphatic rings. The number of nitrogens with two attached hydrogens (primary N) is 1. The van der Waals surface area contributed by atoms with Crippen LogP contribution in [0.5, 0.6) is 0 Å². The maximum atomic E-state index is 11.4. The minimum Gasteiger partial charge on any atom is -0.321 e. The second-order valence-electron chi connectivity index (χ2n) is 5.40. The van der Waals surface area contributed by atoms with Gasteiger partial charge in [0.15, 0.2) is 0 Å². The van der Waals surface area contributed by atoms with Gasteiger partial charge in [-0.3, -0.25) is 0 Å². The molecule has 1 unspecified atom stereocenters. The summed E-state index contributed by atoms with van der Waals surface area (Å²) >= 11 is 0. The van der Waals surface area contributed by atoms with Crippen LogP contribution in [0.15, 0.2) is 24.3 Å². The van der Waals surface area contributed by atoms with E-state index in [1.165, 1.54) is 11.8 Å². The molecule has 2 N–H and O–H groups in total. The molecule has 18 heavy (non-hydrogen) atoms. The van der Waals surface area contributed by atoms with Gasteiger partial charge in [-0.05, 0) is 36.8 Å². The molecule has 0 amide bonds. The van der Waals surface area contributed by atoms with Crippen molar-refractivity contribution in [2.45, 2.75) is 37.6 Å². The van der Waals surface area contributed by atoms with Gasteiger partial charge in [0, 0.05) is 11.8 Å². The maximum absolute atomic E-state index is 11.4. The third-order valence-electron chi connectivity index (χ3n) is 3.79. The number of hydrogen-bond acceptors (Lipinski definition) is 3. The third-order valence-corrected chi connectivity index (χ3v) is 4.74. The zero-order valence-corrected chi connectivity index (χ0v) is 11.7. The Morgan fingerprint density at radius 1 is 1.28 bits per heavy atom. The Balaban J connectivity index is 2.31. The fourth-order valence-corrected chi connectivity index (χ4v) is 3.48. The van der Waals surface area contributed by atoms with Crippen molar-refractivity contribution in [3.63, 3.8) is 0 Å². The number of benzene rings is 1. The summed E-state index contributed by atoms with van der Waals surface area (Å²) in [6.07, 6.45) is 5.92. The van der Waals surface area contributed by atoms with Gasteiger partial charge < -0.3 is 5.73 Å². The van der Waals surface area contributed by atoms with Crippen LogP contribution >= 0.6 is 0 Å². The molecule has 1 aromatic rings. The molecule has 0 spiro atoms. The number of fused-ring (bicyclic) bond motifs is 1. The van der Waals surface area contributed by atoms with E-state index in [4.69, 9.17) is 5.73 Å². The topological polar surface area (TPSA) is 60.2 Å². The van der Waals surface area contributed by atoms with Crippen molar-refractivity contribution < 1.29 is 8.42 Å². The number of sulfone groups is 1. The highest BCUT2D eigenvalue weighted by molar-refractivity contribution is 7.90. The molecular weight excluding hydrogens is 246 g/mol. The quantitative estimate of drug-likeness (QED) is 0.852. The maximum Gasteiger partial charge on any atom is 0.147 e. The highest BCUT2D eigenvalue weighted by Crippen LogP contribution is 2.34. The zero-order valence-electron chi connectivity index (χ0n) is 10.9. The van der Waals surface area contributed by atoms with Crippen LogP contribution in [0.1, 0.15) is 36.8 Å². The fourth-order valence-electron chi connectivity index (χ4n) is 2.74. The first-order valence-electron chi connectivity index (χ1n) is 6.46. The van der Waals surface area contributed by atoms with Crippen LogP contribution in [-0.4, -0.2) is 20.4 Å². The lowest BCUT2D eigenvalue weighted by molar-refractivity contribution is 0.388. The van der Waals surface area contributed by atoms with Gasteiger partial charge in [0.1, 0.15) is 9.84 Å². The Labute approximate surface area is 109 Å². The summed E-state index contributed by atoms with van der Waals surface area (Å²) in [5, 5.41) is 0. The predicted octanol–water partition coefficient (Wildman–Crippen LogP) is 2.00. The number of rotatable bonds is 3. The molecule has 0 saturated carbocycles. The lowest BCUT2D eigenvalue weighted by atomic mass is 9.83. The zero-order chi connectivity index (χ0) is 13.2. The van der Waals surface area contributed by atoms with Gasteiger partial charge in [-0.15, -0.1) is 0 Å². The molecule has 0 radical (unpaired) electrons. The van der Waals surface area contributed by atoms with Gasteiger partial charge in [0.2, 0.25) is 0 Å². The van der Waals surface area contributed by atoms with Crippen LogP contribution in [0.25, 0.3) is 0 Å². The Bertz CT molecular complexity index is 524. The van der Waals surface area contributed by atoms with E-state index in [2.05, 4.69) is 12.1 Å². The molecule has 0 heterocycles. The van der Waals surface area contributed by atoms with Crippen LogP contribution in [0.4, 0.5) is 0 Å². The van der Waals surface area contributed by atoms with E-state index in [0.29, 0.717) is 6.42 Å². The molecule has 1 aromatic carbocycles. The summed E-state index contributed by atoms with van der Waals surface area (Å²) in [6, 6.07) is 8.19. The Morgan fingerprint density at radius 2 is 2.00 bits per heavy atom. The van der Waals surface area contributed by atoms with E-state index >= 15 is 0 Å². The van der Waals surface area contributed by atoms with Gasteiger partial charge in [0.25, 0.3) is 0 Å². The average Bonchev–Trinajstić information content (AvgIpc) is 2.47. The van der Waals surface area contributed by atoms with Crippen LogP contribution < -0.4 is 5.73 Å². The lowest BCUT2D eigenvalue weighted by Gasteiger charge is -2.30. The van der Waals surface area contributed by atoms with E-state index < -0.39 is 15.4 Å². The van der Waals surface area contributed by atoms with Gasteiger partial charge in [-0.25, -0.2) is 8.42 Å². The Morgan fingerprint density at radius 3 is 2.72 bits per heavy atom. The standard InChI is InChI=1S/C14H21NO2S/c1-18(16,17)11-10-14(15)9-5-4-7-12-6-2-3-8-13(12)14/h2-3,6,8H,4-5,7,9-11,15H2,1H3. The Hall–Kier alpha value is -0.870. The molecule has 0 saturated heterocycles. The minimum atomic E-state index is -2.96. The van der Waals surface area contributed by atoms with E-state index in [1.807, 2.05) is 12.1 Å². The summed E-state index contributed by atoms with van der Waals surface area (Å²) in [7, 11) is -2.96. The second kappa shape index (κ2) is 5.02. The molecule has 0 aliphatic heterocycles. The highest BCUT2D eigenvalue weighted by atomic mass is 32.2. The summed E-state index contributed by atoms with van der Waals surface area (Å²) in [6.45, 7) is 0. The van der Waals surface area contributed by atoms with E-state index in [1.54, 1.807) is 0 Å². The molecule has 0 fully saturated rings. The smallest absolute Gasteiger partial charge is 0.147 e. The van der Waals surface area contributed by atoms with Crippen molar-refractivity contribution in [3.8, 4) is 0 Å². The largest absolute Gasteiger partial charge is 0.321 e. The van der Waals surface area contributed by atoms with Crippen LogP contribution in [-0.2, 0) is 21.8 Å². The summed E-state index contributed by atoms with van der Waals surface area (Å²) < 4.78 is 22.7. The molecule has 1 atom stereocenters. The second-order valence-corrected chi connectivity index (χ2v) is 7.66. The summed E-state index contributed by atoms with van der Waals surface area (Å²) in [5.41, 5.74) is 8.47. The van der Waals surface area contributed by atoms with E-state index in [-0.39, 0.29) is 5.75 Å². The number of hydrogen-bond donors (Lipinski definition) is 1. The van der Waals surface area contributed by atoms with Crippen LogP contribution in [0, 0.1) is 0 Å². The van der Waals surface area contributed by atoms with Gasteiger partial charge in [-0.1, -0.05) is 30.7 Å². The first-order valence-corrected chi connectivity index (χ1v) is 8.52. The number of aryl methyl sites for hydroxylation is 1. The van der Waals surface area contributed by atoms with Crippen LogP contribution in [0.2, 0.25) is 0 Å². The van der Waals surface area contributed by atoms with E-state index in [9.17, 15) is 8.42 Å². The normalized spacial score (nSPS) is 24.3. The molecule has 4 heteroatoms. The molecule has 100 valence electrons. The minimum absolute atomic E-state index is 0.165. The lowest BCUT2D eigenvalue weighted by Crippen LogP contribution is -2.38. The van der Waals surface area contributed by atoms with Crippen molar-refractivity contribution >= 4 is 9.84 Å². The molecule has 0 aromatic heterocycles. The van der Waals surface area contributed by atoms with Crippen molar-refractivity contribution in [2.75, 3.05) is 12.0 Å². The SMILES string of the molecule is CS(=O)(=O)CCC1(N)CCCCc2ccccc21. The molecular formula is C14H21NO2S. The molecule has 2 rings (SSSR count). The fraction of sp³-hybridized carbons (Fsp3) is 0.571. The van der Waals surface area contributed by atoms with Gasteiger partial charge in [-0.2, -0.15) is 0 Å². The molecule has 0 bridgehead atoms. The van der Waals surface area contributed by atoms with Crippen molar-refractivity contribution in [3.05, 3.63) is 35.4 Å². The monoisotopic (exact) mass is 267 g/mol. The van der Waals surface area contributed by atoms with Gasteiger partial charge in [0.05, 0.1) is 5.75 Å². The molecule has 3 nitrogen and oxygen atoms in total. The van der Waals surface area contributed by atoms with E-state index in [0.717, 1.165) is 31.2 Å². The predicted molar refractivity (Wildman–Crippen MR) is 74.2 cm³/mol. The summed E-state index contributed by atoms with van der Waals surface area (Å²) in [5.74, 6) is 0.165.